The quantitative estimate of drug-likeness (QED) is 0.676. The van der Waals surface area contributed by atoms with E-state index in [1.54, 1.807) is 0 Å². The Hall–Kier alpha value is -1.97. The van der Waals surface area contributed by atoms with Crippen LogP contribution in [0.5, 0.6) is 0 Å². The lowest BCUT2D eigenvalue weighted by atomic mass is 10.2. The fourth-order valence-electron chi connectivity index (χ4n) is 0.784. The lowest BCUT2D eigenvalue weighted by molar-refractivity contribution is 0.840. The highest BCUT2D eigenvalue weighted by Crippen LogP contribution is 1.92. The smallest absolute Gasteiger partial charge is 0.267 e. The van der Waals surface area contributed by atoms with E-state index >= 15 is 0 Å². The molecule has 4 heteroatoms. The summed E-state index contributed by atoms with van der Waals surface area (Å²) in [6.45, 7) is 2.08. The molecule has 0 spiro atoms. The normalized spacial score (nSPS) is 8.64. The van der Waals surface area contributed by atoms with Crippen LogP contribution in [0, 0.1) is 6.92 Å². The average Bonchev–Trinajstić information content (AvgIpc) is 2.21. The third-order valence-electron chi connectivity index (χ3n) is 1.45. The van der Waals surface area contributed by atoms with Crippen LogP contribution >= 0.6 is 0 Å². The highest BCUT2D eigenvalue weighted by Gasteiger charge is 1.72. The van der Waals surface area contributed by atoms with E-state index in [4.69, 9.17) is 0 Å². The molecule has 0 saturated heterocycles. The van der Waals surface area contributed by atoms with Crippen LogP contribution in [0.25, 0.3) is 0 Å². The summed E-state index contributed by atoms with van der Waals surface area (Å²) in [7, 11) is 0. The Labute approximate surface area is 81.6 Å². The maximum absolute atomic E-state index is 10.1. The van der Waals surface area contributed by atoms with Gasteiger partial charge in [0, 0.05) is 6.07 Å². The van der Waals surface area contributed by atoms with Crippen LogP contribution in [0.1, 0.15) is 5.56 Å². The molecule has 0 radical (unpaired) electrons. The van der Waals surface area contributed by atoms with Gasteiger partial charge in [0.05, 0.1) is 6.20 Å². The molecule has 72 valence electrons. The van der Waals surface area contributed by atoms with Gasteiger partial charge in [0.25, 0.3) is 5.56 Å². The van der Waals surface area contributed by atoms with Gasteiger partial charge in [0.2, 0.25) is 0 Å². The summed E-state index contributed by atoms with van der Waals surface area (Å²) in [5.41, 5.74) is 1.09. The van der Waals surface area contributed by atoms with Gasteiger partial charge >= 0.3 is 0 Å². The number of H-pyrrole nitrogens is 1. The summed E-state index contributed by atoms with van der Waals surface area (Å²) in [5, 5.41) is 8.65. The first kappa shape index (κ1) is 10.1. The summed E-state index contributed by atoms with van der Waals surface area (Å²) in [4.78, 5) is 10.1. The van der Waals surface area contributed by atoms with E-state index in [1.165, 1.54) is 17.8 Å². The van der Waals surface area contributed by atoms with Crippen LogP contribution < -0.4 is 5.56 Å². The molecule has 1 aromatic carbocycles. The minimum atomic E-state index is -0.227. The van der Waals surface area contributed by atoms with E-state index in [0.29, 0.717) is 0 Å². The molecule has 0 atom stereocenters. The second-order valence-electron chi connectivity index (χ2n) is 2.66. The molecule has 0 amide bonds. The fraction of sp³-hybridized carbons (Fsp3) is 0.100. The van der Waals surface area contributed by atoms with Crippen molar-refractivity contribution in [3.63, 3.8) is 0 Å². The van der Waals surface area contributed by atoms with Gasteiger partial charge in [-0.1, -0.05) is 41.1 Å². The van der Waals surface area contributed by atoms with Crippen LogP contribution in [-0.2, 0) is 0 Å². The third kappa shape index (κ3) is 4.15. The Balaban J connectivity index is 0.000000140. The number of aromatic amines is 1. The van der Waals surface area contributed by atoms with Gasteiger partial charge in [-0.2, -0.15) is 0 Å². The molecule has 2 rings (SSSR count). The predicted octanol–water partition coefficient (Wildman–Crippen LogP) is 1.16. The van der Waals surface area contributed by atoms with Crippen molar-refractivity contribution in [1.82, 2.24) is 15.4 Å². The number of hydrogen-bond donors (Lipinski definition) is 1. The molecule has 1 heterocycles. The fourth-order valence-corrected chi connectivity index (χ4v) is 0.784. The van der Waals surface area contributed by atoms with Gasteiger partial charge in [-0.3, -0.25) is 4.79 Å². The SMILES string of the molecule is Cc1ccccc1.O=c1ccnn[nH]1. The molecule has 0 unspecified atom stereocenters. The molecule has 14 heavy (non-hydrogen) atoms. The zero-order chi connectivity index (χ0) is 10.2. The van der Waals surface area contributed by atoms with Gasteiger partial charge in [0.15, 0.2) is 0 Å². The number of aryl methyl sites for hydroxylation is 1. The molecule has 4 nitrogen and oxygen atoms in total. The number of hydrogen-bond acceptors (Lipinski definition) is 3. The van der Waals surface area contributed by atoms with E-state index in [1.807, 2.05) is 18.2 Å². The minimum absolute atomic E-state index is 0.227. The Bertz CT molecular complexity index is 393. The number of nitrogens with one attached hydrogen (secondary N) is 1. The maximum atomic E-state index is 10.1. The van der Waals surface area contributed by atoms with Crippen molar-refractivity contribution >= 4 is 0 Å². The first-order valence-corrected chi connectivity index (χ1v) is 4.17. The van der Waals surface area contributed by atoms with Crippen molar-refractivity contribution in [2.75, 3.05) is 0 Å². The lowest BCUT2D eigenvalue weighted by Crippen LogP contribution is -2.05. The van der Waals surface area contributed by atoms with Crippen molar-refractivity contribution < 1.29 is 0 Å². The highest BCUT2D eigenvalue weighted by atomic mass is 16.1. The molecular formula is C10H11N3O. The van der Waals surface area contributed by atoms with Crippen molar-refractivity contribution in [3.05, 3.63) is 58.5 Å². The molecule has 0 aliphatic heterocycles. The number of benzene rings is 1. The summed E-state index contributed by atoms with van der Waals surface area (Å²) in [6.07, 6.45) is 1.33. The first-order chi connectivity index (χ1) is 6.79. The van der Waals surface area contributed by atoms with Gasteiger partial charge in [-0.25, -0.2) is 5.10 Å². The van der Waals surface area contributed by atoms with Crippen molar-refractivity contribution in [1.29, 1.82) is 0 Å². The summed E-state index contributed by atoms with van der Waals surface area (Å²) in [6, 6.07) is 11.6. The van der Waals surface area contributed by atoms with E-state index in [0.717, 1.165) is 0 Å². The van der Waals surface area contributed by atoms with E-state index in [9.17, 15) is 4.79 Å². The second kappa shape index (κ2) is 5.64. The Morgan fingerprint density at radius 1 is 1.14 bits per heavy atom. The van der Waals surface area contributed by atoms with Gasteiger partial charge in [0.1, 0.15) is 0 Å². The molecular weight excluding hydrogens is 178 g/mol. The molecule has 1 aromatic heterocycles. The van der Waals surface area contributed by atoms with Gasteiger partial charge < -0.3 is 0 Å². The molecule has 0 bridgehead atoms. The molecule has 0 aliphatic rings. The number of nitrogens with zero attached hydrogens (tertiary/aromatic N) is 2. The largest absolute Gasteiger partial charge is 0.268 e. The van der Waals surface area contributed by atoms with Crippen LogP contribution in [-0.4, -0.2) is 15.4 Å². The Morgan fingerprint density at radius 3 is 2.14 bits per heavy atom. The van der Waals surface area contributed by atoms with Crippen LogP contribution in [0.2, 0.25) is 0 Å². The van der Waals surface area contributed by atoms with Crippen LogP contribution in [0.4, 0.5) is 0 Å². The van der Waals surface area contributed by atoms with E-state index < -0.39 is 0 Å². The molecule has 1 N–H and O–H groups in total. The Kier molecular flexibility index (Phi) is 4.07. The highest BCUT2D eigenvalue weighted by molar-refractivity contribution is 5.11. The Morgan fingerprint density at radius 2 is 1.86 bits per heavy atom. The van der Waals surface area contributed by atoms with Gasteiger partial charge in [-0.15, -0.1) is 5.10 Å². The third-order valence-corrected chi connectivity index (χ3v) is 1.45. The summed E-state index contributed by atoms with van der Waals surface area (Å²) < 4.78 is 0. The zero-order valence-corrected chi connectivity index (χ0v) is 7.84. The van der Waals surface area contributed by atoms with Gasteiger partial charge in [-0.05, 0) is 6.92 Å². The average molecular weight is 189 g/mol. The van der Waals surface area contributed by atoms with Crippen LogP contribution in [0.3, 0.4) is 0 Å². The van der Waals surface area contributed by atoms with Crippen molar-refractivity contribution in [3.8, 4) is 0 Å². The monoisotopic (exact) mass is 189 g/mol. The van der Waals surface area contributed by atoms with Crippen LogP contribution in [0.15, 0.2) is 47.4 Å². The second-order valence-corrected chi connectivity index (χ2v) is 2.66. The van der Waals surface area contributed by atoms with E-state index in [-0.39, 0.29) is 5.56 Å². The summed E-state index contributed by atoms with van der Waals surface area (Å²) in [5.74, 6) is 0. The predicted molar refractivity (Wildman–Crippen MR) is 53.8 cm³/mol. The van der Waals surface area contributed by atoms with E-state index in [2.05, 4.69) is 34.5 Å². The first-order valence-electron chi connectivity index (χ1n) is 4.17. The topological polar surface area (TPSA) is 58.6 Å². The zero-order valence-electron chi connectivity index (χ0n) is 7.84. The maximum Gasteiger partial charge on any atom is 0.267 e. The molecule has 0 aliphatic carbocycles. The molecule has 2 aromatic rings. The number of rotatable bonds is 0. The van der Waals surface area contributed by atoms with Crippen molar-refractivity contribution in [2.45, 2.75) is 6.92 Å². The van der Waals surface area contributed by atoms with Crippen molar-refractivity contribution in [2.24, 2.45) is 0 Å². The molecule has 0 saturated carbocycles. The lowest BCUT2D eigenvalue weighted by Gasteiger charge is -1.82. The summed E-state index contributed by atoms with van der Waals surface area (Å²) >= 11 is 0. The minimum Gasteiger partial charge on any atom is -0.268 e. The molecule has 0 fully saturated rings. The standard InChI is InChI=1S/C7H8.C3H3N3O/c1-7-5-3-2-4-6-7;7-3-1-2-4-6-5-3/h2-6H,1H3;1-2H,(H,4,5,7). The number of aromatic nitrogens is 3.